The smallest absolute Gasteiger partial charge is 0.187 e. The average Bonchev–Trinajstić information content (AvgIpc) is 2.45. The van der Waals surface area contributed by atoms with Gasteiger partial charge in [0, 0.05) is 0 Å². The summed E-state index contributed by atoms with van der Waals surface area (Å²) in [5, 5.41) is 57.5. The van der Waals surface area contributed by atoms with Crippen LogP contribution in [0.3, 0.4) is 0 Å². The van der Waals surface area contributed by atoms with Gasteiger partial charge in [0.05, 0.1) is 12.2 Å². The normalized spacial score (nSPS) is 39.3. The molecule has 0 bridgehead atoms. The van der Waals surface area contributed by atoms with Crippen LogP contribution in [0.2, 0.25) is 0 Å². The number of carbonyl (C=O) groups excluding carboxylic acids is 1. The molecule has 1 aliphatic rings. The quantitative estimate of drug-likeness (QED) is 0.274. The summed E-state index contributed by atoms with van der Waals surface area (Å²) >= 11 is 0. The summed E-state index contributed by atoms with van der Waals surface area (Å²) in [5.74, 6) is 0. The van der Waals surface area contributed by atoms with Crippen molar-refractivity contribution in [3.8, 4) is 0 Å². The highest BCUT2D eigenvalue weighted by atomic mass is 16.7. The van der Waals surface area contributed by atoms with Crippen LogP contribution in [0.1, 0.15) is 13.8 Å². The fraction of sp³-hybridized carbons (Fsp3) is 0.917. The summed E-state index contributed by atoms with van der Waals surface area (Å²) in [6.07, 6.45) is -13.0. The lowest BCUT2D eigenvalue weighted by molar-refractivity contribution is -0.318. The lowest BCUT2D eigenvalue weighted by Gasteiger charge is -2.41. The maximum atomic E-state index is 10.5. The van der Waals surface area contributed by atoms with Crippen molar-refractivity contribution >= 4 is 6.29 Å². The van der Waals surface area contributed by atoms with E-state index in [4.69, 9.17) is 9.47 Å². The summed E-state index contributed by atoms with van der Waals surface area (Å²) in [6.45, 7) is 2.68. The Bertz CT molecular complexity index is 337. The third kappa shape index (κ3) is 4.18. The molecule has 1 fully saturated rings. The number of aldehydes is 1. The topological polar surface area (TPSA) is 157 Å². The standard InChI is InChI=1S/C12H22O9/c1-4(14)11(8(17)6(15)3-13)21-12-10(19)9(18)7(16)5(2)20-12/h3-12,14-19H,1-2H3/t4-,5+,6-,7+,8-,9-,10-,11-,12?/m0/s1. The highest BCUT2D eigenvalue weighted by molar-refractivity contribution is 5.56. The molecule has 1 heterocycles. The molecule has 0 aromatic rings. The van der Waals surface area contributed by atoms with Gasteiger partial charge in [-0.25, -0.2) is 0 Å². The molecule has 124 valence electrons. The van der Waals surface area contributed by atoms with Crippen LogP contribution < -0.4 is 0 Å². The van der Waals surface area contributed by atoms with Crippen molar-refractivity contribution in [2.24, 2.45) is 0 Å². The molecule has 0 aromatic heterocycles. The number of aliphatic hydroxyl groups is 6. The molecule has 0 aliphatic carbocycles. The second kappa shape index (κ2) is 7.56. The Hall–Kier alpha value is -0.650. The molecule has 1 unspecified atom stereocenters. The van der Waals surface area contributed by atoms with Crippen LogP contribution in [0.5, 0.6) is 0 Å². The van der Waals surface area contributed by atoms with Gasteiger partial charge in [-0.15, -0.1) is 0 Å². The molecule has 9 nitrogen and oxygen atoms in total. The van der Waals surface area contributed by atoms with Crippen LogP contribution in [-0.2, 0) is 14.3 Å². The zero-order chi connectivity index (χ0) is 16.3. The summed E-state index contributed by atoms with van der Waals surface area (Å²) < 4.78 is 10.3. The van der Waals surface area contributed by atoms with Gasteiger partial charge in [0.1, 0.15) is 36.6 Å². The Morgan fingerprint density at radius 3 is 2.14 bits per heavy atom. The number of ether oxygens (including phenoxy) is 2. The first-order valence-electron chi connectivity index (χ1n) is 6.55. The van der Waals surface area contributed by atoms with E-state index in [0.29, 0.717) is 0 Å². The second-order valence-corrected chi connectivity index (χ2v) is 5.14. The minimum absolute atomic E-state index is 0.0722. The summed E-state index contributed by atoms with van der Waals surface area (Å²) in [7, 11) is 0. The fourth-order valence-electron chi connectivity index (χ4n) is 2.04. The van der Waals surface area contributed by atoms with Crippen LogP contribution in [0.4, 0.5) is 0 Å². The van der Waals surface area contributed by atoms with Crippen LogP contribution in [0, 0.1) is 0 Å². The minimum atomic E-state index is -1.79. The van der Waals surface area contributed by atoms with Gasteiger partial charge in [-0.2, -0.15) is 0 Å². The molecule has 0 spiro atoms. The third-order valence-corrected chi connectivity index (χ3v) is 3.40. The van der Waals surface area contributed by atoms with Crippen molar-refractivity contribution in [1.29, 1.82) is 0 Å². The van der Waals surface area contributed by atoms with E-state index in [1.807, 2.05) is 0 Å². The lowest BCUT2D eigenvalue weighted by atomic mass is 9.99. The zero-order valence-corrected chi connectivity index (χ0v) is 11.7. The van der Waals surface area contributed by atoms with Gasteiger partial charge in [-0.1, -0.05) is 0 Å². The Morgan fingerprint density at radius 1 is 1.10 bits per heavy atom. The molecule has 0 radical (unpaired) electrons. The highest BCUT2D eigenvalue weighted by Crippen LogP contribution is 2.24. The molecule has 1 saturated heterocycles. The summed E-state index contributed by atoms with van der Waals surface area (Å²) in [5.41, 5.74) is 0. The van der Waals surface area contributed by atoms with Crippen molar-refractivity contribution < 1.29 is 44.9 Å². The van der Waals surface area contributed by atoms with Crippen molar-refractivity contribution in [2.45, 2.75) is 69.0 Å². The van der Waals surface area contributed by atoms with Gasteiger partial charge >= 0.3 is 0 Å². The third-order valence-electron chi connectivity index (χ3n) is 3.40. The summed E-state index contributed by atoms with van der Waals surface area (Å²) in [4.78, 5) is 10.5. The zero-order valence-electron chi connectivity index (χ0n) is 11.7. The molecular formula is C12H22O9. The minimum Gasteiger partial charge on any atom is -0.391 e. The van der Waals surface area contributed by atoms with E-state index >= 15 is 0 Å². The lowest BCUT2D eigenvalue weighted by Crippen LogP contribution is -2.59. The molecular weight excluding hydrogens is 288 g/mol. The van der Waals surface area contributed by atoms with Crippen LogP contribution >= 0.6 is 0 Å². The van der Waals surface area contributed by atoms with E-state index < -0.39 is 55.1 Å². The van der Waals surface area contributed by atoms with E-state index in [0.717, 1.165) is 0 Å². The van der Waals surface area contributed by atoms with Gasteiger partial charge in [0.25, 0.3) is 0 Å². The largest absolute Gasteiger partial charge is 0.391 e. The van der Waals surface area contributed by atoms with Gasteiger partial charge in [-0.05, 0) is 13.8 Å². The van der Waals surface area contributed by atoms with Crippen LogP contribution in [0.25, 0.3) is 0 Å². The Labute approximate surface area is 121 Å². The number of carbonyl (C=O) groups is 1. The SMILES string of the molecule is C[C@H](O)[C@H](OC1O[C@H](C)[C@@H](O)[C@H](O)[C@@H]1O)[C@@H](O)[C@@H](O)C=O. The first kappa shape index (κ1) is 18.4. The van der Waals surface area contributed by atoms with E-state index in [-0.39, 0.29) is 6.29 Å². The van der Waals surface area contributed by atoms with Gasteiger partial charge in [-0.3, -0.25) is 0 Å². The Kier molecular flexibility index (Phi) is 6.63. The van der Waals surface area contributed by atoms with Gasteiger partial charge in [0.2, 0.25) is 0 Å². The number of hydrogen-bond donors (Lipinski definition) is 6. The Morgan fingerprint density at radius 2 is 1.67 bits per heavy atom. The van der Waals surface area contributed by atoms with E-state index in [9.17, 15) is 35.4 Å². The molecule has 6 N–H and O–H groups in total. The first-order valence-corrected chi connectivity index (χ1v) is 6.55. The number of aliphatic hydroxyl groups excluding tert-OH is 6. The van der Waals surface area contributed by atoms with Gasteiger partial charge in [0.15, 0.2) is 12.6 Å². The molecule has 1 rings (SSSR count). The highest BCUT2D eigenvalue weighted by Gasteiger charge is 2.45. The van der Waals surface area contributed by atoms with Crippen LogP contribution in [-0.4, -0.2) is 92.0 Å². The van der Waals surface area contributed by atoms with Crippen molar-refractivity contribution in [1.82, 2.24) is 0 Å². The molecule has 21 heavy (non-hydrogen) atoms. The number of rotatable bonds is 6. The molecule has 1 aliphatic heterocycles. The van der Waals surface area contributed by atoms with E-state index in [1.54, 1.807) is 0 Å². The van der Waals surface area contributed by atoms with Crippen molar-refractivity contribution in [2.75, 3.05) is 0 Å². The first-order chi connectivity index (χ1) is 9.70. The van der Waals surface area contributed by atoms with Crippen LogP contribution in [0.15, 0.2) is 0 Å². The molecule has 9 atom stereocenters. The summed E-state index contributed by atoms with van der Waals surface area (Å²) in [6, 6.07) is 0. The van der Waals surface area contributed by atoms with Crippen molar-refractivity contribution in [3.63, 3.8) is 0 Å². The molecule has 0 amide bonds. The fourth-order valence-corrected chi connectivity index (χ4v) is 2.04. The second-order valence-electron chi connectivity index (χ2n) is 5.14. The predicted octanol–water partition coefficient (Wildman–Crippen LogP) is -3.50. The molecule has 0 saturated carbocycles. The molecule has 0 aromatic carbocycles. The monoisotopic (exact) mass is 310 g/mol. The predicted molar refractivity (Wildman–Crippen MR) is 67.0 cm³/mol. The maximum Gasteiger partial charge on any atom is 0.187 e. The average molecular weight is 310 g/mol. The van der Waals surface area contributed by atoms with E-state index in [2.05, 4.69) is 0 Å². The van der Waals surface area contributed by atoms with Crippen molar-refractivity contribution in [3.05, 3.63) is 0 Å². The maximum absolute atomic E-state index is 10.5. The van der Waals surface area contributed by atoms with Gasteiger partial charge < -0.3 is 44.9 Å². The molecule has 9 heteroatoms. The number of hydrogen-bond acceptors (Lipinski definition) is 9. The Balaban J connectivity index is 2.81. The van der Waals surface area contributed by atoms with E-state index in [1.165, 1.54) is 13.8 Å².